The normalized spacial score (nSPS) is 10.1. The molecule has 1 aromatic heterocycles. The third-order valence-electron chi connectivity index (χ3n) is 2.31. The number of hydrogen-bond acceptors (Lipinski definition) is 4. The zero-order chi connectivity index (χ0) is 13.1. The van der Waals surface area contributed by atoms with E-state index in [-0.39, 0.29) is 5.91 Å². The summed E-state index contributed by atoms with van der Waals surface area (Å²) in [6.07, 6.45) is 0. The first kappa shape index (κ1) is 12.4. The fraction of sp³-hybridized carbons (Fsp3) is 0.167. The second-order valence-electron chi connectivity index (χ2n) is 3.78. The van der Waals surface area contributed by atoms with Gasteiger partial charge in [-0.25, -0.2) is 9.97 Å². The van der Waals surface area contributed by atoms with Crippen LogP contribution < -0.4 is 10.9 Å². The summed E-state index contributed by atoms with van der Waals surface area (Å²) in [4.78, 5) is 20.0. The van der Waals surface area contributed by atoms with Gasteiger partial charge in [-0.2, -0.15) is 0 Å². The van der Waals surface area contributed by atoms with Gasteiger partial charge >= 0.3 is 0 Å². The topological polar surface area (TPSA) is 66.9 Å². The molecule has 0 radical (unpaired) electrons. The van der Waals surface area contributed by atoms with Crippen molar-refractivity contribution in [3.05, 3.63) is 35.7 Å². The molecule has 0 saturated carbocycles. The van der Waals surface area contributed by atoms with Crippen LogP contribution >= 0.6 is 12.2 Å². The van der Waals surface area contributed by atoms with Gasteiger partial charge in [0.15, 0.2) is 0 Å². The van der Waals surface area contributed by atoms with Crippen LogP contribution in [0.1, 0.15) is 18.3 Å². The minimum atomic E-state index is -0.219. The zero-order valence-electron chi connectivity index (χ0n) is 10.0. The lowest BCUT2D eigenvalue weighted by atomic mass is 10.2. The van der Waals surface area contributed by atoms with Crippen molar-refractivity contribution in [2.45, 2.75) is 13.8 Å². The molecule has 0 saturated heterocycles. The summed E-state index contributed by atoms with van der Waals surface area (Å²) in [5.74, 6) is -0.219. The van der Waals surface area contributed by atoms with Gasteiger partial charge in [0.05, 0.1) is 16.7 Å². The number of fused-ring (bicyclic) bond motifs is 1. The quantitative estimate of drug-likeness (QED) is 0.597. The number of carbonyl (C=O) groups excluding carboxylic acids is 1. The smallest absolute Gasteiger partial charge is 0.235 e. The lowest BCUT2D eigenvalue weighted by Gasteiger charge is -2.10. The Kier molecular flexibility index (Phi) is 3.47. The van der Waals surface area contributed by atoms with Crippen LogP contribution in [0.4, 0.5) is 0 Å². The first-order valence-electron chi connectivity index (χ1n) is 5.38. The molecule has 92 valence electrons. The highest BCUT2D eigenvalue weighted by molar-refractivity contribution is 7.80. The van der Waals surface area contributed by atoms with Gasteiger partial charge in [-0.05, 0) is 19.1 Å². The van der Waals surface area contributed by atoms with E-state index in [1.165, 1.54) is 6.92 Å². The number of nitrogens with one attached hydrogen (secondary N) is 2. The van der Waals surface area contributed by atoms with Gasteiger partial charge in [0.1, 0.15) is 10.7 Å². The molecule has 5 nitrogen and oxygen atoms in total. The van der Waals surface area contributed by atoms with Crippen molar-refractivity contribution >= 4 is 34.1 Å². The van der Waals surface area contributed by atoms with Gasteiger partial charge in [-0.15, -0.1) is 0 Å². The Balaban J connectivity index is 2.35. The molecule has 0 aliphatic heterocycles. The second kappa shape index (κ2) is 5.05. The van der Waals surface area contributed by atoms with Crippen molar-refractivity contribution in [3.63, 3.8) is 0 Å². The summed E-state index contributed by atoms with van der Waals surface area (Å²) in [5.41, 5.74) is 7.93. The molecule has 2 rings (SSSR count). The van der Waals surface area contributed by atoms with Crippen LogP contribution in [0.15, 0.2) is 24.3 Å². The summed E-state index contributed by atoms with van der Waals surface area (Å²) < 4.78 is 0. The minimum absolute atomic E-state index is 0.219. The van der Waals surface area contributed by atoms with Crippen molar-refractivity contribution in [1.82, 2.24) is 20.8 Å². The average Bonchev–Trinajstić information content (AvgIpc) is 2.35. The highest BCUT2D eigenvalue weighted by atomic mass is 32.1. The van der Waals surface area contributed by atoms with E-state index in [2.05, 4.69) is 20.8 Å². The van der Waals surface area contributed by atoms with Gasteiger partial charge < -0.3 is 0 Å². The maximum atomic E-state index is 10.8. The van der Waals surface area contributed by atoms with Gasteiger partial charge in [-0.1, -0.05) is 24.4 Å². The highest BCUT2D eigenvalue weighted by Crippen LogP contribution is 2.12. The van der Waals surface area contributed by atoms with Crippen molar-refractivity contribution in [2.24, 2.45) is 0 Å². The molecule has 1 amide bonds. The molecule has 2 aromatic rings. The maximum absolute atomic E-state index is 10.8. The second-order valence-corrected chi connectivity index (χ2v) is 4.19. The van der Waals surface area contributed by atoms with Gasteiger partial charge in [0, 0.05) is 6.92 Å². The lowest BCUT2D eigenvalue weighted by Crippen LogP contribution is -2.40. The van der Waals surface area contributed by atoms with Crippen LogP contribution in [0.25, 0.3) is 11.0 Å². The molecule has 18 heavy (non-hydrogen) atoms. The van der Waals surface area contributed by atoms with Crippen molar-refractivity contribution in [3.8, 4) is 0 Å². The lowest BCUT2D eigenvalue weighted by molar-refractivity contribution is -0.119. The average molecular weight is 260 g/mol. The summed E-state index contributed by atoms with van der Waals surface area (Å²) in [5, 5.41) is 0. The number of aromatic nitrogens is 2. The Hall–Kier alpha value is -2.08. The standard InChI is InChI=1S/C12H12N4OS/c1-7-11(12(18)16-15-8(2)17)14-10-6-4-3-5-9(10)13-7/h3-6H,1-2H3,(H,15,17)(H,16,18). The first-order valence-corrected chi connectivity index (χ1v) is 5.79. The van der Waals surface area contributed by atoms with Crippen molar-refractivity contribution < 1.29 is 4.79 Å². The number of hydrazine groups is 1. The van der Waals surface area contributed by atoms with E-state index in [4.69, 9.17) is 12.2 Å². The molecule has 1 aromatic carbocycles. The number of para-hydroxylation sites is 2. The number of hydrogen-bond donors (Lipinski definition) is 2. The van der Waals surface area contributed by atoms with Crippen LogP contribution in [0.5, 0.6) is 0 Å². The summed E-state index contributed by atoms with van der Waals surface area (Å²) in [7, 11) is 0. The van der Waals surface area contributed by atoms with Crippen molar-refractivity contribution in [2.75, 3.05) is 0 Å². The third-order valence-corrected chi connectivity index (χ3v) is 2.61. The Morgan fingerprint density at radius 3 is 2.39 bits per heavy atom. The number of aryl methyl sites for hydroxylation is 1. The van der Waals surface area contributed by atoms with E-state index in [1.807, 2.05) is 31.2 Å². The summed E-state index contributed by atoms with van der Waals surface area (Å²) >= 11 is 5.16. The molecule has 0 spiro atoms. The minimum Gasteiger partial charge on any atom is -0.286 e. The number of carbonyl (C=O) groups is 1. The van der Waals surface area contributed by atoms with Crippen LogP contribution in [-0.2, 0) is 4.79 Å². The van der Waals surface area contributed by atoms with E-state index in [0.29, 0.717) is 10.7 Å². The van der Waals surface area contributed by atoms with Crippen molar-refractivity contribution in [1.29, 1.82) is 0 Å². The van der Waals surface area contributed by atoms with Crippen LogP contribution in [-0.4, -0.2) is 20.9 Å². The molecule has 2 N–H and O–H groups in total. The number of thiocarbonyl (C=S) groups is 1. The maximum Gasteiger partial charge on any atom is 0.235 e. The Morgan fingerprint density at radius 1 is 1.17 bits per heavy atom. The Morgan fingerprint density at radius 2 is 1.78 bits per heavy atom. The fourth-order valence-electron chi connectivity index (χ4n) is 1.51. The van der Waals surface area contributed by atoms with Gasteiger partial charge in [0.2, 0.25) is 5.91 Å². The van der Waals surface area contributed by atoms with E-state index < -0.39 is 0 Å². The Bertz CT molecular complexity index is 627. The zero-order valence-corrected chi connectivity index (χ0v) is 10.8. The third kappa shape index (κ3) is 2.60. The van der Waals surface area contributed by atoms with E-state index in [0.717, 1.165) is 16.7 Å². The number of amides is 1. The molecule has 0 aliphatic carbocycles. The Labute approximate surface area is 110 Å². The van der Waals surface area contributed by atoms with Crippen LogP contribution in [0.2, 0.25) is 0 Å². The van der Waals surface area contributed by atoms with E-state index in [1.54, 1.807) is 0 Å². The SMILES string of the molecule is CC(=O)NNC(=S)c1nc2ccccc2nc1C. The molecule has 0 aliphatic rings. The first-order chi connectivity index (χ1) is 8.58. The molecule has 0 bridgehead atoms. The van der Waals surface area contributed by atoms with Gasteiger partial charge in [-0.3, -0.25) is 15.6 Å². The fourth-order valence-corrected chi connectivity index (χ4v) is 1.75. The largest absolute Gasteiger partial charge is 0.286 e. The number of nitrogens with zero attached hydrogens (tertiary/aromatic N) is 2. The molecular weight excluding hydrogens is 248 g/mol. The number of benzene rings is 1. The predicted molar refractivity (Wildman–Crippen MR) is 72.9 cm³/mol. The summed E-state index contributed by atoms with van der Waals surface area (Å²) in [6.45, 7) is 3.23. The molecule has 1 heterocycles. The number of rotatable bonds is 1. The molecular formula is C12H12N4OS. The molecule has 0 unspecified atom stereocenters. The monoisotopic (exact) mass is 260 g/mol. The van der Waals surface area contributed by atoms with Crippen LogP contribution in [0.3, 0.4) is 0 Å². The van der Waals surface area contributed by atoms with E-state index in [9.17, 15) is 4.79 Å². The molecule has 6 heteroatoms. The molecule has 0 fully saturated rings. The predicted octanol–water partition coefficient (Wildman–Crippen LogP) is 1.25. The van der Waals surface area contributed by atoms with Gasteiger partial charge in [0.25, 0.3) is 0 Å². The van der Waals surface area contributed by atoms with E-state index >= 15 is 0 Å². The molecule has 0 atom stereocenters. The van der Waals surface area contributed by atoms with Crippen LogP contribution in [0, 0.1) is 6.92 Å². The highest BCUT2D eigenvalue weighted by Gasteiger charge is 2.09. The summed E-state index contributed by atoms with van der Waals surface area (Å²) in [6, 6.07) is 7.56.